The quantitative estimate of drug-likeness (QED) is 0.591. The van der Waals surface area contributed by atoms with Crippen molar-refractivity contribution >= 4 is 5.78 Å². The molecule has 0 fully saturated rings. The summed E-state index contributed by atoms with van der Waals surface area (Å²) in [7, 11) is 0. The third kappa shape index (κ3) is 11.2. The molecule has 1 unspecified atom stereocenters. The second-order valence-corrected chi connectivity index (χ2v) is 2.27. The summed E-state index contributed by atoms with van der Waals surface area (Å²) in [5.41, 5.74) is 0. The van der Waals surface area contributed by atoms with Crippen LogP contribution >= 0.6 is 0 Å². The lowest BCUT2D eigenvalue weighted by Gasteiger charge is -2.09. The number of carbonyl (C=O) groups is 1. The van der Waals surface area contributed by atoms with Crippen molar-refractivity contribution in [2.75, 3.05) is 19.7 Å². The number of nitrogens with zero attached hydrogens (tertiary/aromatic N) is 1. The number of aliphatic hydroxyl groups is 1. The second-order valence-electron chi connectivity index (χ2n) is 2.27. The van der Waals surface area contributed by atoms with Gasteiger partial charge in [0, 0.05) is 0 Å². The first-order valence-electron chi connectivity index (χ1n) is 4.33. The standard InChI is InChI=1S/C6H12N2O3.C2H6/c1-5(10)2-7-6(4-9)3-8-11;1-2/h6-7,9H,2-4H2,1H3;1-2H3. The largest absolute Gasteiger partial charge is 0.395 e. The van der Waals surface area contributed by atoms with Crippen molar-refractivity contribution in [1.82, 2.24) is 5.32 Å². The molecule has 0 aliphatic carbocycles. The number of nitrogens with one attached hydrogen (secondary N) is 1. The highest BCUT2D eigenvalue weighted by molar-refractivity contribution is 5.77. The van der Waals surface area contributed by atoms with E-state index in [0.29, 0.717) is 0 Å². The van der Waals surface area contributed by atoms with Gasteiger partial charge in [0.25, 0.3) is 0 Å². The molecule has 0 aromatic heterocycles. The van der Waals surface area contributed by atoms with Crippen molar-refractivity contribution in [3.05, 3.63) is 4.91 Å². The van der Waals surface area contributed by atoms with Crippen LogP contribution in [0.5, 0.6) is 0 Å². The van der Waals surface area contributed by atoms with Gasteiger partial charge in [-0.25, -0.2) is 0 Å². The molecule has 0 spiro atoms. The number of carbonyl (C=O) groups excluding carboxylic acids is 1. The number of aliphatic hydroxyl groups excluding tert-OH is 1. The van der Waals surface area contributed by atoms with Gasteiger partial charge in [-0.3, -0.25) is 4.79 Å². The van der Waals surface area contributed by atoms with E-state index in [2.05, 4.69) is 10.5 Å². The van der Waals surface area contributed by atoms with Crippen LogP contribution < -0.4 is 5.32 Å². The maximum atomic E-state index is 10.4. The van der Waals surface area contributed by atoms with Crippen molar-refractivity contribution in [3.63, 3.8) is 0 Å². The van der Waals surface area contributed by atoms with Gasteiger partial charge in [0.05, 0.1) is 25.7 Å². The fourth-order valence-electron chi connectivity index (χ4n) is 0.565. The van der Waals surface area contributed by atoms with E-state index in [9.17, 15) is 9.70 Å². The molecule has 0 aliphatic heterocycles. The summed E-state index contributed by atoms with van der Waals surface area (Å²) < 4.78 is 0. The number of rotatable bonds is 6. The molecule has 2 N–H and O–H groups in total. The summed E-state index contributed by atoms with van der Waals surface area (Å²) in [6.07, 6.45) is 0. The Morgan fingerprint density at radius 2 is 2.08 bits per heavy atom. The van der Waals surface area contributed by atoms with Crippen LogP contribution in [0.3, 0.4) is 0 Å². The van der Waals surface area contributed by atoms with Crippen molar-refractivity contribution in [3.8, 4) is 0 Å². The van der Waals surface area contributed by atoms with Gasteiger partial charge in [0.2, 0.25) is 0 Å². The van der Waals surface area contributed by atoms with E-state index in [4.69, 9.17) is 5.11 Å². The van der Waals surface area contributed by atoms with Crippen LogP contribution in [-0.2, 0) is 4.79 Å². The van der Waals surface area contributed by atoms with Gasteiger partial charge in [0.1, 0.15) is 5.78 Å². The molecule has 0 aromatic carbocycles. The Kier molecular flexibility index (Phi) is 12.7. The molecular weight excluding hydrogens is 172 g/mol. The van der Waals surface area contributed by atoms with Crippen molar-refractivity contribution in [1.29, 1.82) is 0 Å². The minimum Gasteiger partial charge on any atom is -0.395 e. The third-order valence-corrected chi connectivity index (χ3v) is 1.15. The van der Waals surface area contributed by atoms with E-state index in [0.717, 1.165) is 0 Å². The molecule has 0 saturated carbocycles. The Labute approximate surface area is 78.5 Å². The van der Waals surface area contributed by atoms with Crippen molar-refractivity contribution in [2.24, 2.45) is 5.18 Å². The average Bonchev–Trinajstić information content (AvgIpc) is 2.15. The molecule has 0 heterocycles. The summed E-state index contributed by atoms with van der Waals surface area (Å²) in [5.74, 6) is -0.0330. The molecular formula is C8H18N2O3. The molecule has 0 amide bonds. The van der Waals surface area contributed by atoms with Gasteiger partial charge in [0.15, 0.2) is 0 Å². The predicted molar refractivity (Wildman–Crippen MR) is 51.6 cm³/mol. The van der Waals surface area contributed by atoms with Crippen LogP contribution in [0.2, 0.25) is 0 Å². The van der Waals surface area contributed by atoms with Crippen molar-refractivity contribution in [2.45, 2.75) is 26.8 Å². The highest BCUT2D eigenvalue weighted by Gasteiger charge is 2.06. The van der Waals surface area contributed by atoms with Crippen molar-refractivity contribution < 1.29 is 9.90 Å². The minimum atomic E-state index is -0.392. The molecule has 13 heavy (non-hydrogen) atoms. The van der Waals surface area contributed by atoms with Gasteiger partial charge in [-0.1, -0.05) is 19.0 Å². The second kappa shape index (κ2) is 11.2. The molecule has 0 rings (SSSR count). The van der Waals surface area contributed by atoms with Crippen LogP contribution in [0.4, 0.5) is 0 Å². The number of Topliss-reactive ketones (excluding diaryl/α,β-unsaturated/α-hetero) is 1. The topological polar surface area (TPSA) is 78.8 Å². The number of ketones is 1. The maximum Gasteiger partial charge on any atom is 0.143 e. The van der Waals surface area contributed by atoms with Crippen LogP contribution in [0, 0.1) is 4.91 Å². The summed E-state index contributed by atoms with van der Waals surface area (Å²) in [6.45, 7) is 5.40. The first kappa shape index (κ1) is 14.7. The molecule has 5 heteroatoms. The maximum absolute atomic E-state index is 10.4. The SMILES string of the molecule is CC.CC(=O)CNC(CO)CN=O. The molecule has 0 aromatic rings. The van der Waals surface area contributed by atoms with E-state index >= 15 is 0 Å². The van der Waals surface area contributed by atoms with E-state index in [-0.39, 0.29) is 25.5 Å². The predicted octanol–water partition coefficient (Wildman–Crippen LogP) is 0.319. The zero-order chi connectivity index (χ0) is 10.7. The van der Waals surface area contributed by atoms with Gasteiger partial charge in [-0.05, 0) is 6.92 Å². The highest BCUT2D eigenvalue weighted by Crippen LogP contribution is 1.82. The van der Waals surface area contributed by atoms with Crippen LogP contribution in [0.1, 0.15) is 20.8 Å². The van der Waals surface area contributed by atoms with Crippen LogP contribution in [0.25, 0.3) is 0 Å². The van der Waals surface area contributed by atoms with E-state index < -0.39 is 6.04 Å². The summed E-state index contributed by atoms with van der Waals surface area (Å²) in [4.78, 5) is 20.1. The molecule has 0 bridgehead atoms. The van der Waals surface area contributed by atoms with Gasteiger partial charge < -0.3 is 10.4 Å². The molecule has 0 aliphatic rings. The lowest BCUT2D eigenvalue weighted by atomic mass is 10.3. The normalized spacial score (nSPS) is 11.1. The lowest BCUT2D eigenvalue weighted by molar-refractivity contribution is -0.116. The Hall–Kier alpha value is -0.810. The smallest absolute Gasteiger partial charge is 0.143 e. The first-order valence-corrected chi connectivity index (χ1v) is 4.33. The minimum absolute atomic E-state index is 0.0101. The van der Waals surface area contributed by atoms with Gasteiger partial charge >= 0.3 is 0 Å². The molecule has 0 saturated heterocycles. The Morgan fingerprint density at radius 3 is 2.38 bits per heavy atom. The fraction of sp³-hybridized carbons (Fsp3) is 0.875. The van der Waals surface area contributed by atoms with E-state index in [1.165, 1.54) is 6.92 Å². The fourth-order valence-corrected chi connectivity index (χ4v) is 0.565. The van der Waals surface area contributed by atoms with E-state index in [1.54, 1.807) is 0 Å². The molecule has 1 atom stereocenters. The zero-order valence-corrected chi connectivity index (χ0v) is 8.41. The highest BCUT2D eigenvalue weighted by atomic mass is 16.3. The molecule has 78 valence electrons. The Balaban J connectivity index is 0. The number of hydrogen-bond acceptors (Lipinski definition) is 5. The molecule has 0 radical (unpaired) electrons. The lowest BCUT2D eigenvalue weighted by Crippen LogP contribution is -2.37. The Morgan fingerprint density at radius 1 is 1.54 bits per heavy atom. The third-order valence-electron chi connectivity index (χ3n) is 1.15. The van der Waals surface area contributed by atoms with E-state index in [1.807, 2.05) is 13.8 Å². The summed E-state index contributed by atoms with van der Waals surface area (Å²) >= 11 is 0. The summed E-state index contributed by atoms with van der Waals surface area (Å²) in [6, 6.07) is -0.392. The van der Waals surface area contributed by atoms with Gasteiger partial charge in [-0.15, -0.1) is 0 Å². The number of hydrogen-bond donors (Lipinski definition) is 2. The summed E-state index contributed by atoms with van der Waals surface area (Å²) in [5, 5.41) is 13.9. The molecule has 5 nitrogen and oxygen atoms in total. The van der Waals surface area contributed by atoms with Crippen LogP contribution in [0.15, 0.2) is 5.18 Å². The van der Waals surface area contributed by atoms with Crippen LogP contribution in [-0.4, -0.2) is 36.6 Å². The average molecular weight is 190 g/mol. The zero-order valence-electron chi connectivity index (χ0n) is 8.41. The number of nitroso groups, excluding NO2 is 1. The van der Waals surface area contributed by atoms with Gasteiger partial charge in [-0.2, -0.15) is 4.91 Å². The monoisotopic (exact) mass is 190 g/mol. The Bertz CT molecular complexity index is 139. The first-order chi connectivity index (χ1) is 6.20.